The minimum Gasteiger partial charge on any atom is -0.393 e. The molecule has 2 unspecified atom stereocenters. The minimum atomic E-state index is -5.66. The van der Waals surface area contributed by atoms with Crippen LogP contribution in [-0.4, -0.2) is 37.2 Å². The molecule has 9 heteroatoms. The summed E-state index contributed by atoms with van der Waals surface area (Å²) >= 11 is 0. The number of anilines is 1. The fraction of sp³-hybridized carbons (Fsp3) is 0.571. The normalized spacial score (nSPS) is 28.2. The maximum atomic E-state index is 13.4. The first-order valence-electron chi connectivity index (χ1n) is 7.18. The van der Waals surface area contributed by atoms with Gasteiger partial charge in [0.05, 0.1) is 11.8 Å². The Morgan fingerprint density at radius 2 is 1.70 bits per heavy atom. The Bertz CT molecular complexity index is 705. The molecule has 2 saturated heterocycles. The minimum absolute atomic E-state index is 0.136. The van der Waals surface area contributed by atoms with Gasteiger partial charge in [-0.3, -0.25) is 0 Å². The Morgan fingerprint density at radius 3 is 2.22 bits per heavy atom. The van der Waals surface area contributed by atoms with Gasteiger partial charge in [0.15, 0.2) is 0 Å². The van der Waals surface area contributed by atoms with E-state index in [0.717, 1.165) is 12.1 Å². The second kappa shape index (κ2) is 5.34. The maximum absolute atomic E-state index is 13.4. The van der Waals surface area contributed by atoms with Crippen LogP contribution in [0.5, 0.6) is 0 Å². The first-order chi connectivity index (χ1) is 10.6. The highest BCUT2D eigenvalue weighted by atomic mass is 32.2. The number of piperidine rings is 1. The molecule has 2 atom stereocenters. The van der Waals surface area contributed by atoms with Crippen LogP contribution in [0.15, 0.2) is 23.1 Å². The molecule has 0 spiro atoms. The number of alkyl halides is 3. The van der Waals surface area contributed by atoms with Gasteiger partial charge in [0.2, 0.25) is 0 Å². The Hall–Kier alpha value is -1.35. The average molecular weight is 353 g/mol. The van der Waals surface area contributed by atoms with E-state index in [0.29, 0.717) is 31.7 Å². The summed E-state index contributed by atoms with van der Waals surface area (Å²) in [7, 11) is -5.66. The van der Waals surface area contributed by atoms with Crippen molar-refractivity contribution in [2.45, 2.75) is 54.3 Å². The predicted octanol–water partition coefficient (Wildman–Crippen LogP) is 2.61. The van der Waals surface area contributed by atoms with Crippen molar-refractivity contribution in [3.05, 3.63) is 24.0 Å². The van der Waals surface area contributed by atoms with Crippen molar-refractivity contribution in [2.75, 3.05) is 4.90 Å². The quantitative estimate of drug-likeness (QED) is 0.831. The molecule has 2 bridgehead atoms. The molecule has 0 aliphatic carbocycles. The Kier molecular flexibility index (Phi) is 3.83. The fourth-order valence-electron chi connectivity index (χ4n) is 3.58. The Labute approximate surface area is 130 Å². The largest absolute Gasteiger partial charge is 0.501 e. The lowest BCUT2D eigenvalue weighted by molar-refractivity contribution is -0.0436. The first-order valence-corrected chi connectivity index (χ1v) is 8.67. The van der Waals surface area contributed by atoms with E-state index in [4.69, 9.17) is 0 Å². The number of hydrogen-bond acceptors (Lipinski definition) is 4. The summed E-state index contributed by atoms with van der Waals surface area (Å²) in [5.41, 5.74) is -5.63. The summed E-state index contributed by atoms with van der Waals surface area (Å²) in [5, 5.41) is 9.77. The number of nitrogens with zero attached hydrogens (tertiary/aromatic N) is 1. The number of aliphatic hydroxyl groups is 1. The third kappa shape index (κ3) is 2.69. The van der Waals surface area contributed by atoms with Gasteiger partial charge in [-0.1, -0.05) is 0 Å². The fourth-order valence-corrected chi connectivity index (χ4v) is 4.55. The summed E-state index contributed by atoms with van der Waals surface area (Å²) in [6.45, 7) is 0. The number of hydrogen-bond donors (Lipinski definition) is 1. The second-order valence-electron chi connectivity index (χ2n) is 5.98. The van der Waals surface area contributed by atoms with Crippen molar-refractivity contribution in [1.29, 1.82) is 0 Å². The van der Waals surface area contributed by atoms with Crippen molar-refractivity contribution in [3.63, 3.8) is 0 Å². The van der Waals surface area contributed by atoms with E-state index in [2.05, 4.69) is 0 Å². The van der Waals surface area contributed by atoms with Crippen molar-refractivity contribution in [2.24, 2.45) is 0 Å². The molecule has 2 aliphatic heterocycles. The van der Waals surface area contributed by atoms with Crippen LogP contribution in [0.1, 0.15) is 25.7 Å². The van der Waals surface area contributed by atoms with Crippen molar-refractivity contribution < 1.29 is 31.1 Å². The summed E-state index contributed by atoms with van der Waals surface area (Å²) in [6.07, 6.45) is 1.49. The molecule has 0 saturated carbocycles. The van der Waals surface area contributed by atoms with E-state index < -0.39 is 32.2 Å². The highest BCUT2D eigenvalue weighted by Crippen LogP contribution is 2.44. The molecule has 2 heterocycles. The van der Waals surface area contributed by atoms with Gasteiger partial charge in [0.1, 0.15) is 10.7 Å². The van der Waals surface area contributed by atoms with Gasteiger partial charge in [-0.2, -0.15) is 13.2 Å². The van der Waals surface area contributed by atoms with E-state index in [1.807, 2.05) is 0 Å². The number of aliphatic hydroxyl groups excluding tert-OH is 1. The summed E-state index contributed by atoms with van der Waals surface area (Å²) < 4.78 is 75.7. The van der Waals surface area contributed by atoms with Crippen LogP contribution in [0.4, 0.5) is 23.2 Å². The number of rotatable bonds is 2. The van der Waals surface area contributed by atoms with Gasteiger partial charge in [0.25, 0.3) is 9.84 Å². The van der Waals surface area contributed by atoms with Crippen LogP contribution in [0.3, 0.4) is 0 Å². The topological polar surface area (TPSA) is 57.6 Å². The third-order valence-electron chi connectivity index (χ3n) is 4.50. The van der Waals surface area contributed by atoms with E-state index in [-0.39, 0.29) is 17.8 Å². The molecule has 2 fully saturated rings. The van der Waals surface area contributed by atoms with Crippen LogP contribution >= 0.6 is 0 Å². The second-order valence-corrected chi connectivity index (χ2v) is 7.89. The molecule has 0 radical (unpaired) electrons. The van der Waals surface area contributed by atoms with E-state index in [1.54, 1.807) is 4.90 Å². The molecule has 0 aromatic heterocycles. The summed E-state index contributed by atoms with van der Waals surface area (Å²) in [5.74, 6) is -1.04. The molecule has 3 rings (SSSR count). The third-order valence-corrected chi connectivity index (χ3v) is 6.02. The summed E-state index contributed by atoms with van der Waals surface area (Å²) in [6, 6.07) is 1.97. The SMILES string of the molecule is O=S(=O)(c1cc(F)ccc1N1C2CCC1CC(O)C2)C(F)(F)F. The zero-order chi connectivity index (χ0) is 17.0. The lowest BCUT2D eigenvalue weighted by Gasteiger charge is -2.39. The van der Waals surface area contributed by atoms with Crippen LogP contribution in [0.25, 0.3) is 0 Å². The molecule has 1 aromatic carbocycles. The molecule has 1 aromatic rings. The van der Waals surface area contributed by atoms with Crippen LogP contribution < -0.4 is 4.90 Å². The van der Waals surface area contributed by atoms with Gasteiger partial charge < -0.3 is 10.0 Å². The Balaban J connectivity index is 2.12. The standard InChI is InChI=1S/C14H15F4NO3S/c15-8-1-4-12(13(5-8)23(21,22)14(16,17)18)19-9-2-3-10(19)7-11(20)6-9/h1,4-5,9-11,20H,2-3,6-7H2. The zero-order valence-electron chi connectivity index (χ0n) is 11.9. The monoisotopic (exact) mass is 353 g/mol. The molecule has 1 N–H and O–H groups in total. The zero-order valence-corrected chi connectivity index (χ0v) is 12.7. The number of fused-ring (bicyclic) bond motifs is 2. The van der Waals surface area contributed by atoms with Gasteiger partial charge >= 0.3 is 5.51 Å². The van der Waals surface area contributed by atoms with Crippen LogP contribution in [-0.2, 0) is 9.84 Å². The van der Waals surface area contributed by atoms with Crippen LogP contribution in [0, 0.1) is 5.82 Å². The maximum Gasteiger partial charge on any atom is 0.501 e. The van der Waals surface area contributed by atoms with Gasteiger partial charge in [-0.25, -0.2) is 12.8 Å². The predicted molar refractivity (Wildman–Crippen MR) is 74.2 cm³/mol. The van der Waals surface area contributed by atoms with Gasteiger partial charge in [-0.05, 0) is 43.9 Å². The first kappa shape index (κ1) is 16.5. The highest BCUT2D eigenvalue weighted by Gasteiger charge is 2.50. The molecule has 4 nitrogen and oxygen atoms in total. The Morgan fingerprint density at radius 1 is 1.13 bits per heavy atom. The number of halogens is 4. The number of sulfone groups is 1. The number of benzene rings is 1. The van der Waals surface area contributed by atoms with E-state index in [9.17, 15) is 31.1 Å². The molecule has 23 heavy (non-hydrogen) atoms. The van der Waals surface area contributed by atoms with Gasteiger partial charge in [0, 0.05) is 12.1 Å². The van der Waals surface area contributed by atoms with Crippen molar-refractivity contribution >= 4 is 15.5 Å². The molecular weight excluding hydrogens is 338 g/mol. The molecular formula is C14H15F4NO3S. The molecule has 0 amide bonds. The highest BCUT2D eigenvalue weighted by molar-refractivity contribution is 7.92. The lowest BCUT2D eigenvalue weighted by atomic mass is 9.99. The molecule has 128 valence electrons. The van der Waals surface area contributed by atoms with Crippen molar-refractivity contribution in [3.8, 4) is 0 Å². The van der Waals surface area contributed by atoms with Crippen molar-refractivity contribution in [1.82, 2.24) is 0 Å². The van der Waals surface area contributed by atoms with Gasteiger partial charge in [-0.15, -0.1) is 0 Å². The average Bonchev–Trinajstić information content (AvgIpc) is 2.70. The van der Waals surface area contributed by atoms with Crippen LogP contribution in [0.2, 0.25) is 0 Å². The smallest absolute Gasteiger partial charge is 0.393 e. The van der Waals surface area contributed by atoms with E-state index >= 15 is 0 Å². The molecule has 2 aliphatic rings. The lowest BCUT2D eigenvalue weighted by Crippen LogP contribution is -2.45. The van der Waals surface area contributed by atoms with E-state index in [1.165, 1.54) is 0 Å². The summed E-state index contributed by atoms with van der Waals surface area (Å²) in [4.78, 5) is 0.545.